The summed E-state index contributed by atoms with van der Waals surface area (Å²) in [5.74, 6) is 5.27. The number of phenolic OH excluding ortho intramolecular Hbond substituents is 1. The zero-order valence-corrected chi connectivity index (χ0v) is 8.28. The van der Waals surface area contributed by atoms with Crippen molar-refractivity contribution in [3.8, 4) is 23.3 Å². The van der Waals surface area contributed by atoms with E-state index in [-0.39, 0.29) is 12.2 Å². The molecule has 78 valence electrons. The van der Waals surface area contributed by atoms with Gasteiger partial charge >= 0.3 is 0 Å². The van der Waals surface area contributed by atoms with E-state index < -0.39 is 5.91 Å². The van der Waals surface area contributed by atoms with E-state index in [1.807, 2.05) is 0 Å². The Labute approximate surface area is 87.7 Å². The highest BCUT2D eigenvalue weighted by Gasteiger charge is 1.99. The number of hydrogen-bond acceptors (Lipinski definition) is 3. The highest BCUT2D eigenvalue weighted by molar-refractivity contribution is 5.76. The summed E-state index contributed by atoms with van der Waals surface area (Å²) in [5, 5.41) is 9.49. The van der Waals surface area contributed by atoms with Crippen molar-refractivity contribution >= 4 is 5.91 Å². The van der Waals surface area contributed by atoms with Crippen LogP contribution in [-0.4, -0.2) is 18.1 Å². The molecule has 15 heavy (non-hydrogen) atoms. The molecule has 1 aromatic carbocycles. The molecule has 0 aliphatic carbocycles. The van der Waals surface area contributed by atoms with Gasteiger partial charge in [0.2, 0.25) is 5.91 Å². The van der Waals surface area contributed by atoms with Gasteiger partial charge in [-0.25, -0.2) is 0 Å². The van der Waals surface area contributed by atoms with Gasteiger partial charge in [-0.05, 0) is 12.1 Å². The number of aromatic hydroxyl groups is 1. The lowest BCUT2D eigenvalue weighted by Crippen LogP contribution is -2.08. The molecule has 0 fully saturated rings. The first-order chi connectivity index (χ1) is 7.13. The lowest BCUT2D eigenvalue weighted by molar-refractivity contribution is -0.117. The molecule has 1 rings (SSSR count). The normalized spacial score (nSPS) is 8.87. The van der Waals surface area contributed by atoms with Gasteiger partial charge in [-0.3, -0.25) is 4.79 Å². The molecule has 0 saturated carbocycles. The zero-order valence-electron chi connectivity index (χ0n) is 8.28. The maximum Gasteiger partial charge on any atom is 0.229 e. The summed E-state index contributed by atoms with van der Waals surface area (Å²) in [6, 6.07) is 4.74. The molecule has 3 N–H and O–H groups in total. The number of carbonyl (C=O) groups excluding carboxylic acids is 1. The first-order valence-corrected chi connectivity index (χ1v) is 4.27. The number of ether oxygens (including phenoxy) is 1. The van der Waals surface area contributed by atoms with Gasteiger partial charge in [-0.15, -0.1) is 0 Å². The van der Waals surface area contributed by atoms with Crippen LogP contribution in [0.1, 0.15) is 12.0 Å². The number of phenols is 1. The minimum atomic E-state index is -0.490. The van der Waals surface area contributed by atoms with Crippen LogP contribution in [0.3, 0.4) is 0 Å². The van der Waals surface area contributed by atoms with Crippen molar-refractivity contribution in [1.82, 2.24) is 0 Å². The molecule has 4 nitrogen and oxygen atoms in total. The molecule has 0 saturated heterocycles. The van der Waals surface area contributed by atoms with E-state index in [2.05, 4.69) is 11.8 Å². The Bertz CT molecular complexity index is 429. The fourth-order valence-electron chi connectivity index (χ4n) is 0.971. The maximum atomic E-state index is 10.4. The average molecular weight is 205 g/mol. The van der Waals surface area contributed by atoms with Crippen LogP contribution in [0.2, 0.25) is 0 Å². The third-order valence-electron chi connectivity index (χ3n) is 1.69. The Morgan fingerprint density at radius 3 is 2.87 bits per heavy atom. The largest absolute Gasteiger partial charge is 0.507 e. The molecule has 0 unspecified atom stereocenters. The molecule has 4 heteroatoms. The molecule has 0 bridgehead atoms. The second-order valence-electron chi connectivity index (χ2n) is 2.83. The summed E-state index contributed by atoms with van der Waals surface area (Å²) < 4.78 is 4.91. The van der Waals surface area contributed by atoms with Crippen LogP contribution in [0, 0.1) is 11.8 Å². The number of amides is 1. The van der Waals surface area contributed by atoms with Gasteiger partial charge in [0, 0.05) is 6.07 Å². The second kappa shape index (κ2) is 4.91. The Hall–Kier alpha value is -2.15. The van der Waals surface area contributed by atoms with Crippen LogP contribution < -0.4 is 10.5 Å². The molecule has 0 atom stereocenters. The van der Waals surface area contributed by atoms with Gasteiger partial charge in [0.1, 0.15) is 11.5 Å². The van der Waals surface area contributed by atoms with Crippen molar-refractivity contribution in [1.29, 1.82) is 0 Å². The Balaban J connectivity index is 2.85. The molecule has 1 amide bonds. The third kappa shape index (κ3) is 3.24. The van der Waals surface area contributed by atoms with Gasteiger partial charge in [0.05, 0.1) is 19.1 Å². The van der Waals surface area contributed by atoms with Crippen molar-refractivity contribution in [2.45, 2.75) is 6.42 Å². The summed E-state index contributed by atoms with van der Waals surface area (Å²) in [7, 11) is 1.51. The quantitative estimate of drug-likeness (QED) is 0.695. The lowest BCUT2D eigenvalue weighted by Gasteiger charge is -2.01. The minimum absolute atomic E-state index is 0.0197. The maximum absolute atomic E-state index is 10.4. The van der Waals surface area contributed by atoms with Gasteiger partial charge < -0.3 is 15.6 Å². The van der Waals surface area contributed by atoms with E-state index in [1.165, 1.54) is 13.2 Å². The number of rotatable bonds is 2. The topological polar surface area (TPSA) is 72.5 Å². The predicted molar refractivity (Wildman–Crippen MR) is 55.3 cm³/mol. The molecule has 0 heterocycles. The van der Waals surface area contributed by atoms with Crippen LogP contribution in [-0.2, 0) is 4.79 Å². The third-order valence-corrected chi connectivity index (χ3v) is 1.69. The summed E-state index contributed by atoms with van der Waals surface area (Å²) in [6.07, 6.45) is -0.0224. The number of carbonyl (C=O) groups is 1. The van der Waals surface area contributed by atoms with Gasteiger partial charge in [0.25, 0.3) is 0 Å². The van der Waals surface area contributed by atoms with Crippen LogP contribution in [0.25, 0.3) is 0 Å². The van der Waals surface area contributed by atoms with E-state index in [4.69, 9.17) is 10.5 Å². The molecular weight excluding hydrogens is 194 g/mol. The molecule has 0 aromatic heterocycles. The van der Waals surface area contributed by atoms with Crippen LogP contribution in [0.5, 0.6) is 11.5 Å². The number of methoxy groups -OCH3 is 1. The zero-order chi connectivity index (χ0) is 11.3. The Kier molecular flexibility index (Phi) is 3.58. The van der Waals surface area contributed by atoms with Crippen molar-refractivity contribution in [3.05, 3.63) is 23.8 Å². The van der Waals surface area contributed by atoms with Crippen molar-refractivity contribution in [2.24, 2.45) is 5.73 Å². The molecule has 0 radical (unpaired) electrons. The van der Waals surface area contributed by atoms with E-state index in [9.17, 15) is 9.90 Å². The molecular formula is C11H11NO3. The minimum Gasteiger partial charge on any atom is -0.507 e. The Morgan fingerprint density at radius 2 is 2.33 bits per heavy atom. The van der Waals surface area contributed by atoms with E-state index in [0.29, 0.717) is 11.3 Å². The molecule has 1 aromatic rings. The molecule has 0 aliphatic heterocycles. The second-order valence-corrected chi connectivity index (χ2v) is 2.83. The fraction of sp³-hybridized carbons (Fsp3) is 0.182. The summed E-state index contributed by atoms with van der Waals surface area (Å²) in [4.78, 5) is 10.4. The highest BCUT2D eigenvalue weighted by atomic mass is 16.5. The summed E-state index contributed by atoms with van der Waals surface area (Å²) in [5.41, 5.74) is 5.36. The number of benzene rings is 1. The van der Waals surface area contributed by atoms with Crippen molar-refractivity contribution in [2.75, 3.05) is 7.11 Å². The van der Waals surface area contributed by atoms with E-state index in [0.717, 1.165) is 0 Å². The molecule has 0 aliphatic rings. The van der Waals surface area contributed by atoms with E-state index >= 15 is 0 Å². The van der Waals surface area contributed by atoms with Crippen LogP contribution in [0.4, 0.5) is 0 Å². The van der Waals surface area contributed by atoms with Gasteiger partial charge in [-0.1, -0.05) is 11.8 Å². The number of hydrogen-bond donors (Lipinski definition) is 2. The van der Waals surface area contributed by atoms with Crippen molar-refractivity contribution < 1.29 is 14.6 Å². The van der Waals surface area contributed by atoms with Crippen LogP contribution >= 0.6 is 0 Å². The highest BCUT2D eigenvalue weighted by Crippen LogP contribution is 2.22. The molecule has 0 spiro atoms. The smallest absolute Gasteiger partial charge is 0.229 e. The predicted octanol–water partition coefficient (Wildman–Crippen LogP) is 0.628. The van der Waals surface area contributed by atoms with Gasteiger partial charge in [-0.2, -0.15) is 0 Å². The number of nitrogens with two attached hydrogens (primary N) is 1. The first-order valence-electron chi connectivity index (χ1n) is 4.27. The lowest BCUT2D eigenvalue weighted by atomic mass is 10.2. The fourth-order valence-corrected chi connectivity index (χ4v) is 0.971. The number of primary amides is 1. The van der Waals surface area contributed by atoms with E-state index in [1.54, 1.807) is 12.1 Å². The monoisotopic (exact) mass is 205 g/mol. The van der Waals surface area contributed by atoms with Crippen LogP contribution in [0.15, 0.2) is 18.2 Å². The van der Waals surface area contributed by atoms with Crippen molar-refractivity contribution in [3.63, 3.8) is 0 Å². The SMILES string of the molecule is COc1ccc(C#CCC(N)=O)c(O)c1. The Morgan fingerprint density at radius 1 is 1.60 bits per heavy atom. The summed E-state index contributed by atoms with van der Waals surface area (Å²) in [6.45, 7) is 0. The first kappa shape index (κ1) is 10.9. The summed E-state index contributed by atoms with van der Waals surface area (Å²) >= 11 is 0. The average Bonchev–Trinajstić information content (AvgIpc) is 2.20. The van der Waals surface area contributed by atoms with Gasteiger partial charge in [0.15, 0.2) is 0 Å². The standard InChI is InChI=1S/C11H11NO3/c1-15-9-6-5-8(10(13)7-9)3-2-4-11(12)14/h5-7,13H,4H2,1H3,(H2,12,14).